The fraction of sp³-hybridized carbons (Fsp3) is 0.800. The highest BCUT2D eigenvalue weighted by atomic mass is 16.6. The maximum absolute atomic E-state index is 10.9. The van der Waals surface area contributed by atoms with Gasteiger partial charge in [0.25, 0.3) is 0 Å². The smallest absolute Gasteiger partial charge is 0.316 e. The Kier molecular flexibility index (Phi) is 7.85. The molecule has 0 spiro atoms. The molecule has 0 amide bonds. The maximum atomic E-state index is 10.9. The topological polar surface area (TPSA) is 83.8 Å². The van der Waals surface area contributed by atoms with E-state index in [1.165, 1.54) is 0 Å². The number of unbranched alkanes of at least 4 members (excludes halogenated alkanes) is 2. The highest BCUT2D eigenvalue weighted by molar-refractivity contribution is 5.84. The molecule has 88 valence electrons. The van der Waals surface area contributed by atoms with Gasteiger partial charge in [0.1, 0.15) is 0 Å². The van der Waals surface area contributed by atoms with E-state index in [0.717, 1.165) is 19.8 Å². The minimum atomic E-state index is -0.768. The zero-order chi connectivity index (χ0) is 11.7. The molecule has 1 unspecified atom stereocenters. The van der Waals surface area contributed by atoms with Crippen molar-refractivity contribution in [2.45, 2.75) is 45.1 Å². The van der Waals surface area contributed by atoms with Gasteiger partial charge in [0.05, 0.1) is 12.5 Å². The molecule has 15 heavy (non-hydrogen) atoms. The molecule has 0 aromatic carbocycles. The Balaban J connectivity index is 3.51. The molecule has 0 aliphatic heterocycles. The van der Waals surface area contributed by atoms with Crippen molar-refractivity contribution in [3.8, 4) is 0 Å². The van der Waals surface area contributed by atoms with Crippen molar-refractivity contribution in [2.24, 2.45) is 0 Å². The molecule has 0 radical (unpaired) electrons. The van der Waals surface area contributed by atoms with E-state index in [4.69, 9.17) is 5.11 Å². The van der Waals surface area contributed by atoms with Crippen molar-refractivity contribution in [1.82, 2.24) is 0 Å². The van der Waals surface area contributed by atoms with E-state index < -0.39 is 18.0 Å². The van der Waals surface area contributed by atoms with Crippen LogP contribution < -0.4 is 0 Å². The van der Waals surface area contributed by atoms with Crippen molar-refractivity contribution in [3.63, 3.8) is 0 Å². The van der Waals surface area contributed by atoms with Crippen LogP contribution in [0.25, 0.3) is 0 Å². The minimum absolute atomic E-state index is 0.141. The van der Waals surface area contributed by atoms with Gasteiger partial charge in [-0.2, -0.15) is 0 Å². The van der Waals surface area contributed by atoms with Gasteiger partial charge in [0.15, 0.2) is 0 Å². The van der Waals surface area contributed by atoms with E-state index in [-0.39, 0.29) is 13.0 Å². The summed E-state index contributed by atoms with van der Waals surface area (Å²) in [6.07, 6.45) is 1.82. The number of ether oxygens (including phenoxy) is 1. The molecule has 5 nitrogen and oxygen atoms in total. The van der Waals surface area contributed by atoms with Crippen LogP contribution in [0.15, 0.2) is 0 Å². The summed E-state index contributed by atoms with van der Waals surface area (Å²) in [6, 6.07) is 0. The lowest BCUT2D eigenvalue weighted by atomic mass is 10.1. The summed E-state index contributed by atoms with van der Waals surface area (Å²) in [5, 5.41) is 17.9. The van der Waals surface area contributed by atoms with E-state index in [2.05, 4.69) is 4.74 Å². The van der Waals surface area contributed by atoms with Gasteiger partial charge in [-0.1, -0.05) is 12.8 Å². The number of hydrogen-bond donors (Lipinski definition) is 2. The first-order chi connectivity index (χ1) is 7.06. The first-order valence-electron chi connectivity index (χ1n) is 5.06. The van der Waals surface area contributed by atoms with Gasteiger partial charge in [-0.15, -0.1) is 0 Å². The third kappa shape index (κ3) is 9.37. The molecule has 0 saturated heterocycles. The monoisotopic (exact) mass is 218 g/mol. The van der Waals surface area contributed by atoms with E-state index in [1.54, 1.807) is 0 Å². The van der Waals surface area contributed by atoms with Gasteiger partial charge in [-0.05, 0) is 12.8 Å². The van der Waals surface area contributed by atoms with Gasteiger partial charge in [-0.25, -0.2) is 0 Å². The molecule has 1 atom stereocenters. The van der Waals surface area contributed by atoms with Crippen LogP contribution in [0.1, 0.15) is 39.0 Å². The first-order valence-corrected chi connectivity index (χ1v) is 5.06. The van der Waals surface area contributed by atoms with E-state index in [0.29, 0.717) is 12.8 Å². The normalized spacial score (nSPS) is 12.2. The second kappa shape index (κ2) is 8.38. The number of rotatable bonds is 7. The average Bonchev–Trinajstić information content (AvgIpc) is 2.10. The lowest BCUT2D eigenvalue weighted by Crippen LogP contribution is -2.17. The lowest BCUT2D eigenvalue weighted by Gasteiger charge is -2.08. The highest BCUT2D eigenvalue weighted by Gasteiger charge is 2.13. The Morgan fingerprint density at radius 3 is 2.47 bits per heavy atom. The van der Waals surface area contributed by atoms with Crippen LogP contribution in [-0.2, 0) is 14.3 Å². The minimum Gasteiger partial charge on any atom is -0.396 e. The van der Waals surface area contributed by atoms with Crippen LogP contribution in [0, 0.1) is 0 Å². The molecular weight excluding hydrogens is 200 g/mol. The predicted molar refractivity (Wildman–Crippen MR) is 53.0 cm³/mol. The van der Waals surface area contributed by atoms with Crippen LogP contribution in [0.5, 0.6) is 0 Å². The average molecular weight is 218 g/mol. The quantitative estimate of drug-likeness (QED) is 0.366. The zero-order valence-corrected chi connectivity index (χ0v) is 8.94. The molecule has 0 aliphatic carbocycles. The third-order valence-electron chi connectivity index (χ3n) is 1.86. The predicted octanol–water partition coefficient (Wildman–Crippen LogP) is 0.380. The number of hydrogen-bond acceptors (Lipinski definition) is 5. The van der Waals surface area contributed by atoms with Gasteiger partial charge < -0.3 is 14.9 Å². The molecule has 0 fully saturated rings. The van der Waals surface area contributed by atoms with Crippen molar-refractivity contribution in [1.29, 1.82) is 0 Å². The van der Waals surface area contributed by atoms with Crippen LogP contribution in [0.4, 0.5) is 0 Å². The number of carbonyl (C=O) groups is 2. The van der Waals surface area contributed by atoms with Gasteiger partial charge >= 0.3 is 11.9 Å². The largest absolute Gasteiger partial charge is 0.396 e. The second-order valence-corrected chi connectivity index (χ2v) is 3.40. The molecule has 5 heteroatoms. The molecule has 0 aromatic rings. The summed E-state index contributed by atoms with van der Waals surface area (Å²) in [7, 11) is 0. The summed E-state index contributed by atoms with van der Waals surface area (Å²) in [5.41, 5.74) is 0. The van der Waals surface area contributed by atoms with Crippen molar-refractivity contribution in [2.75, 3.05) is 6.61 Å². The molecule has 0 heterocycles. The molecule has 0 saturated carbocycles. The summed E-state index contributed by atoms with van der Waals surface area (Å²) < 4.78 is 4.27. The van der Waals surface area contributed by atoms with Crippen LogP contribution >= 0.6 is 0 Å². The van der Waals surface area contributed by atoms with E-state index in [1.807, 2.05) is 0 Å². The molecule has 0 rings (SSSR count). The van der Waals surface area contributed by atoms with Crippen molar-refractivity contribution in [3.05, 3.63) is 0 Å². The second-order valence-electron chi connectivity index (χ2n) is 3.40. The molecule has 0 aromatic heterocycles. The lowest BCUT2D eigenvalue weighted by molar-refractivity contribution is -0.159. The van der Waals surface area contributed by atoms with Crippen LogP contribution in [0.3, 0.4) is 0 Å². The van der Waals surface area contributed by atoms with E-state index in [9.17, 15) is 14.7 Å². The molecular formula is C10H18O5. The Hall–Kier alpha value is -0.940. The fourth-order valence-electron chi connectivity index (χ4n) is 1.16. The molecule has 0 bridgehead atoms. The highest BCUT2D eigenvalue weighted by Crippen LogP contribution is 2.07. The number of carbonyl (C=O) groups excluding carboxylic acids is 2. The third-order valence-corrected chi connectivity index (χ3v) is 1.86. The van der Waals surface area contributed by atoms with Crippen LogP contribution in [0.2, 0.25) is 0 Å². The summed E-state index contributed by atoms with van der Waals surface area (Å²) in [4.78, 5) is 21.3. The molecule has 0 aliphatic rings. The summed E-state index contributed by atoms with van der Waals surface area (Å²) in [6.45, 7) is 1.29. The Labute approximate surface area is 89.0 Å². The SMILES string of the molecule is CC(=O)OC(=O)CC(O)CCCCCO. The van der Waals surface area contributed by atoms with Gasteiger partial charge in [0.2, 0.25) is 0 Å². The van der Waals surface area contributed by atoms with Crippen molar-refractivity contribution >= 4 is 11.9 Å². The van der Waals surface area contributed by atoms with Gasteiger partial charge in [0, 0.05) is 13.5 Å². The fourth-order valence-corrected chi connectivity index (χ4v) is 1.16. The summed E-state index contributed by atoms with van der Waals surface area (Å²) in [5.74, 6) is -1.36. The number of aliphatic hydroxyl groups is 2. The Bertz CT molecular complexity index is 202. The van der Waals surface area contributed by atoms with Crippen molar-refractivity contribution < 1.29 is 24.5 Å². The summed E-state index contributed by atoms with van der Waals surface area (Å²) >= 11 is 0. The number of aliphatic hydroxyl groups excluding tert-OH is 2. The Morgan fingerprint density at radius 2 is 1.93 bits per heavy atom. The first kappa shape index (κ1) is 14.1. The van der Waals surface area contributed by atoms with E-state index >= 15 is 0 Å². The zero-order valence-electron chi connectivity index (χ0n) is 8.94. The number of esters is 2. The maximum Gasteiger partial charge on any atom is 0.316 e. The van der Waals surface area contributed by atoms with Crippen LogP contribution in [-0.4, -0.2) is 34.9 Å². The Morgan fingerprint density at radius 1 is 1.27 bits per heavy atom. The standard InChI is InChI=1S/C10H18O5/c1-8(12)15-10(14)7-9(13)5-3-2-4-6-11/h9,11,13H,2-7H2,1H3. The van der Waals surface area contributed by atoms with Gasteiger partial charge in [-0.3, -0.25) is 9.59 Å². The molecule has 2 N–H and O–H groups in total.